The van der Waals surface area contributed by atoms with Gasteiger partial charge in [-0.2, -0.15) is 0 Å². The summed E-state index contributed by atoms with van der Waals surface area (Å²) >= 11 is 0. The van der Waals surface area contributed by atoms with Crippen LogP contribution in [0.1, 0.15) is 38.7 Å². The van der Waals surface area contributed by atoms with E-state index < -0.39 is 5.97 Å². The first-order chi connectivity index (χ1) is 13.1. The summed E-state index contributed by atoms with van der Waals surface area (Å²) in [5.41, 5.74) is 1.53. The fourth-order valence-electron chi connectivity index (χ4n) is 2.68. The van der Waals surface area contributed by atoms with Gasteiger partial charge in [0.25, 0.3) is 5.69 Å². The number of benzene rings is 2. The van der Waals surface area contributed by atoms with Crippen molar-refractivity contribution in [2.75, 3.05) is 6.61 Å². The molecule has 2 aromatic rings. The van der Waals surface area contributed by atoms with Crippen molar-refractivity contribution in [3.05, 3.63) is 71.4 Å². The Bertz CT molecular complexity index is 785. The van der Waals surface area contributed by atoms with Crippen molar-refractivity contribution in [3.8, 4) is 0 Å². The molecule has 0 heterocycles. The van der Waals surface area contributed by atoms with Crippen LogP contribution in [-0.2, 0) is 9.53 Å². The molecule has 0 aliphatic heterocycles. The number of azo groups is 1. The largest absolute Gasteiger partial charge is 0.594 e. The Balaban J connectivity index is 2.08. The van der Waals surface area contributed by atoms with E-state index in [2.05, 4.69) is 19.0 Å². The van der Waals surface area contributed by atoms with Gasteiger partial charge in [-0.3, -0.25) is 0 Å². The third kappa shape index (κ3) is 6.70. The zero-order valence-corrected chi connectivity index (χ0v) is 15.9. The molecule has 0 aliphatic rings. The molecule has 0 saturated heterocycles. The maximum absolute atomic E-state index is 12.4. The average molecular weight is 366 g/mol. The van der Waals surface area contributed by atoms with Gasteiger partial charge in [-0.15, -0.1) is 0 Å². The third-order valence-electron chi connectivity index (χ3n) is 4.24. The van der Waals surface area contributed by atoms with Crippen molar-refractivity contribution in [1.82, 2.24) is 0 Å². The molecule has 1 unspecified atom stereocenters. The van der Waals surface area contributed by atoms with Crippen LogP contribution in [0.4, 0.5) is 11.4 Å². The monoisotopic (exact) mass is 366 g/mol. The number of hydrogen-bond donors (Lipinski definition) is 0. The lowest BCUT2D eigenvalue weighted by molar-refractivity contribution is -0.435. The highest BCUT2D eigenvalue weighted by molar-refractivity contribution is 5.87. The molecule has 0 N–H and O–H groups in total. The number of esters is 1. The molecule has 0 saturated carbocycles. The first-order valence-electron chi connectivity index (χ1n) is 9.31. The quantitative estimate of drug-likeness (QED) is 0.180. The van der Waals surface area contributed by atoms with Gasteiger partial charge < -0.3 is 9.94 Å². The maximum Gasteiger partial charge on any atom is 0.330 e. The zero-order valence-electron chi connectivity index (χ0n) is 15.9. The summed E-state index contributed by atoms with van der Waals surface area (Å²) in [6.45, 7) is 4.64. The predicted molar refractivity (Wildman–Crippen MR) is 107 cm³/mol. The van der Waals surface area contributed by atoms with E-state index in [1.165, 1.54) is 6.08 Å². The van der Waals surface area contributed by atoms with Crippen molar-refractivity contribution in [1.29, 1.82) is 0 Å². The second-order valence-electron chi connectivity index (χ2n) is 6.29. The fraction of sp³-hybridized carbons (Fsp3) is 0.318. The molecule has 0 amide bonds. The summed E-state index contributed by atoms with van der Waals surface area (Å²) in [5, 5.41) is 16.4. The van der Waals surface area contributed by atoms with Gasteiger partial charge in [0.05, 0.1) is 12.2 Å². The summed E-state index contributed by atoms with van der Waals surface area (Å²) < 4.78 is 5.32. The van der Waals surface area contributed by atoms with Crippen molar-refractivity contribution < 1.29 is 14.4 Å². The summed E-state index contributed by atoms with van der Waals surface area (Å²) in [4.78, 5) is 12.6. The highest BCUT2D eigenvalue weighted by atomic mass is 16.5. The summed E-state index contributed by atoms with van der Waals surface area (Å²) in [7, 11) is 0. The molecule has 2 rings (SSSR count). The Labute approximate surface area is 160 Å². The number of carbonyl (C=O) groups excluding carboxylic acids is 1. The maximum atomic E-state index is 12.4. The molecule has 5 heteroatoms. The van der Waals surface area contributed by atoms with Gasteiger partial charge in [-0.1, -0.05) is 57.0 Å². The molecule has 5 nitrogen and oxygen atoms in total. The number of ether oxygens (including phenoxy) is 1. The van der Waals surface area contributed by atoms with Crippen LogP contribution in [0.3, 0.4) is 0 Å². The topological polar surface area (TPSA) is 64.7 Å². The second-order valence-corrected chi connectivity index (χ2v) is 6.29. The van der Waals surface area contributed by atoms with E-state index >= 15 is 0 Å². The molecule has 0 aliphatic carbocycles. The van der Waals surface area contributed by atoms with Crippen molar-refractivity contribution in [2.24, 2.45) is 11.0 Å². The van der Waals surface area contributed by atoms with Crippen LogP contribution in [0.2, 0.25) is 0 Å². The van der Waals surface area contributed by atoms with Crippen LogP contribution in [0, 0.1) is 11.1 Å². The minimum Gasteiger partial charge on any atom is -0.594 e. The first kappa shape index (κ1) is 20.4. The van der Waals surface area contributed by atoms with Gasteiger partial charge in [0.1, 0.15) is 5.69 Å². The Morgan fingerprint density at radius 1 is 1.15 bits per heavy atom. The van der Waals surface area contributed by atoms with Gasteiger partial charge in [-0.05, 0) is 41.5 Å². The van der Waals surface area contributed by atoms with Crippen LogP contribution < -0.4 is 0 Å². The fourth-order valence-corrected chi connectivity index (χ4v) is 2.68. The number of carbonyl (C=O) groups is 1. The number of para-hydroxylation sites is 1. The molecular weight excluding hydrogens is 340 g/mol. The molecule has 27 heavy (non-hydrogen) atoms. The number of rotatable bonds is 9. The summed E-state index contributed by atoms with van der Waals surface area (Å²) in [6.07, 6.45) is 6.05. The van der Waals surface area contributed by atoms with E-state index in [4.69, 9.17) is 4.74 Å². The van der Waals surface area contributed by atoms with Gasteiger partial charge in [-0.25, -0.2) is 4.79 Å². The van der Waals surface area contributed by atoms with Crippen LogP contribution in [-0.4, -0.2) is 17.4 Å². The Kier molecular flexibility index (Phi) is 8.23. The summed E-state index contributed by atoms with van der Waals surface area (Å²) in [5.74, 6) is -0.0155. The third-order valence-corrected chi connectivity index (χ3v) is 4.24. The van der Waals surface area contributed by atoms with Gasteiger partial charge in [0.2, 0.25) is 0 Å². The molecule has 142 valence electrons. The lowest BCUT2D eigenvalue weighted by Crippen LogP contribution is -2.12. The van der Waals surface area contributed by atoms with Gasteiger partial charge >= 0.3 is 5.97 Å². The van der Waals surface area contributed by atoms with Crippen LogP contribution in [0.5, 0.6) is 0 Å². The second kappa shape index (κ2) is 10.9. The smallest absolute Gasteiger partial charge is 0.330 e. The van der Waals surface area contributed by atoms with E-state index in [1.807, 2.05) is 18.2 Å². The van der Waals surface area contributed by atoms with E-state index in [1.54, 1.807) is 42.5 Å². The molecule has 0 spiro atoms. The molecule has 0 aromatic heterocycles. The normalized spacial score (nSPS) is 12.9. The lowest BCUT2D eigenvalue weighted by atomic mass is 10.0. The van der Waals surface area contributed by atoms with Gasteiger partial charge in [0.15, 0.2) is 0 Å². The molecule has 0 radical (unpaired) electrons. The molecule has 1 atom stereocenters. The van der Waals surface area contributed by atoms with Crippen molar-refractivity contribution in [2.45, 2.75) is 33.1 Å². The number of hydrogen-bond acceptors (Lipinski definition) is 4. The highest BCUT2D eigenvalue weighted by Crippen LogP contribution is 2.22. The Morgan fingerprint density at radius 2 is 1.85 bits per heavy atom. The minimum absolute atomic E-state index is 0.364. The van der Waals surface area contributed by atoms with E-state index in [9.17, 15) is 10.0 Å². The Hall–Kier alpha value is -2.95. The van der Waals surface area contributed by atoms with Gasteiger partial charge in [0, 0.05) is 17.3 Å². The van der Waals surface area contributed by atoms with E-state index in [-0.39, 0.29) is 0 Å². The lowest BCUT2D eigenvalue weighted by Gasteiger charge is -2.12. The number of nitrogens with zero attached hydrogens (tertiary/aromatic N) is 2. The molecule has 0 fully saturated rings. The van der Waals surface area contributed by atoms with E-state index in [0.29, 0.717) is 34.3 Å². The zero-order chi connectivity index (χ0) is 19.5. The van der Waals surface area contributed by atoms with Crippen molar-refractivity contribution >= 4 is 23.4 Å². The summed E-state index contributed by atoms with van der Waals surface area (Å²) in [6, 6.07) is 16.0. The average Bonchev–Trinajstić information content (AvgIpc) is 2.70. The van der Waals surface area contributed by atoms with E-state index in [0.717, 1.165) is 19.3 Å². The highest BCUT2D eigenvalue weighted by Gasteiger charge is 2.11. The minimum atomic E-state index is -0.406. The van der Waals surface area contributed by atoms with Crippen LogP contribution in [0.25, 0.3) is 6.08 Å². The Morgan fingerprint density at radius 3 is 2.56 bits per heavy atom. The van der Waals surface area contributed by atoms with Crippen LogP contribution in [0.15, 0.2) is 65.8 Å². The molecular formula is C22H26N2O3. The SMILES string of the molecule is CCCC(CC)COC(=O)/C=C/c1ccccc1[N+]([O-])=Nc1ccccc1. The van der Waals surface area contributed by atoms with Crippen molar-refractivity contribution in [3.63, 3.8) is 0 Å². The van der Waals surface area contributed by atoms with Crippen LogP contribution >= 0.6 is 0 Å². The predicted octanol–water partition coefficient (Wildman–Crippen LogP) is 6.00. The first-order valence-corrected chi connectivity index (χ1v) is 9.31. The standard InChI is InChI=1S/C22H26N2O3/c1-3-10-18(4-2)17-27-22(25)16-15-19-11-8-9-14-21(19)24(26)23-20-12-6-5-7-13-20/h5-9,11-16,18H,3-4,10,17H2,1-2H3/b16-15+,24-23?. The molecule has 2 aromatic carbocycles. The molecule has 0 bridgehead atoms.